The van der Waals surface area contributed by atoms with Gasteiger partial charge in [-0.05, 0) is 38.1 Å². The van der Waals surface area contributed by atoms with E-state index in [4.69, 9.17) is 10.2 Å². The van der Waals surface area contributed by atoms with Crippen LogP contribution in [0.4, 0.5) is 5.69 Å². The molecule has 0 bridgehead atoms. The third-order valence-corrected chi connectivity index (χ3v) is 3.28. The molecule has 6 heteroatoms. The Morgan fingerprint density at radius 3 is 2.62 bits per heavy atom. The van der Waals surface area contributed by atoms with Gasteiger partial charge in [0.2, 0.25) is 5.91 Å². The van der Waals surface area contributed by atoms with Gasteiger partial charge in [0.25, 0.3) is 5.91 Å². The van der Waals surface area contributed by atoms with Gasteiger partial charge in [-0.2, -0.15) is 0 Å². The van der Waals surface area contributed by atoms with Gasteiger partial charge in [-0.3, -0.25) is 9.59 Å². The van der Waals surface area contributed by atoms with Gasteiger partial charge >= 0.3 is 0 Å². The Hall–Kier alpha value is -2.50. The van der Waals surface area contributed by atoms with E-state index in [-0.39, 0.29) is 18.2 Å². The first-order chi connectivity index (χ1) is 10.0. The van der Waals surface area contributed by atoms with Gasteiger partial charge in [0, 0.05) is 24.2 Å². The van der Waals surface area contributed by atoms with Crippen molar-refractivity contribution < 1.29 is 14.0 Å². The minimum atomic E-state index is -0.412. The first-order valence-corrected chi connectivity index (χ1v) is 6.90. The third kappa shape index (κ3) is 3.34. The number of likely N-dealkylation sites (N-methyl/N-ethyl adjacent to an activating group) is 1. The van der Waals surface area contributed by atoms with Gasteiger partial charge < -0.3 is 20.4 Å². The number of nitrogens with zero attached hydrogens (tertiary/aromatic N) is 1. The molecule has 3 N–H and O–H groups in total. The van der Waals surface area contributed by atoms with Gasteiger partial charge in [0.05, 0.1) is 6.54 Å². The second-order valence-electron chi connectivity index (χ2n) is 4.66. The number of nitrogen functional groups attached to an aromatic ring is 1. The summed E-state index contributed by atoms with van der Waals surface area (Å²) in [7, 11) is 0. The Morgan fingerprint density at radius 1 is 1.24 bits per heavy atom. The second kappa shape index (κ2) is 6.30. The Labute approximate surface area is 122 Å². The van der Waals surface area contributed by atoms with Gasteiger partial charge in [-0.1, -0.05) is 0 Å². The van der Waals surface area contributed by atoms with Gasteiger partial charge in [0.15, 0.2) is 5.76 Å². The molecule has 0 saturated carbocycles. The van der Waals surface area contributed by atoms with Crippen LogP contribution in [0, 0.1) is 0 Å². The van der Waals surface area contributed by atoms with Crippen molar-refractivity contribution >= 4 is 28.5 Å². The quantitative estimate of drug-likeness (QED) is 0.818. The number of fused-ring (bicyclic) bond motifs is 1. The highest BCUT2D eigenvalue weighted by Crippen LogP contribution is 2.21. The summed E-state index contributed by atoms with van der Waals surface area (Å²) >= 11 is 0. The van der Waals surface area contributed by atoms with E-state index in [0.29, 0.717) is 24.4 Å². The number of hydrogen-bond acceptors (Lipinski definition) is 4. The number of nitrogens with two attached hydrogens (primary N) is 1. The molecule has 0 unspecified atom stereocenters. The summed E-state index contributed by atoms with van der Waals surface area (Å²) in [6.07, 6.45) is 0. The van der Waals surface area contributed by atoms with Crippen molar-refractivity contribution in [1.29, 1.82) is 0 Å². The summed E-state index contributed by atoms with van der Waals surface area (Å²) in [5.41, 5.74) is 6.87. The minimum absolute atomic E-state index is 0.0420. The molecule has 0 saturated heterocycles. The first-order valence-electron chi connectivity index (χ1n) is 6.90. The lowest BCUT2D eigenvalue weighted by molar-refractivity contribution is -0.129. The van der Waals surface area contributed by atoms with Crippen LogP contribution in [0.25, 0.3) is 11.0 Å². The standard InChI is InChI=1S/C15H19N3O3/c1-3-18(4-2)14(19)9-17-15(20)13-8-10-7-11(16)5-6-12(10)21-13/h5-8H,3-4,9,16H2,1-2H3,(H,17,20). The largest absolute Gasteiger partial charge is 0.451 e. The Balaban J connectivity index is 2.03. The first kappa shape index (κ1) is 14.9. The number of anilines is 1. The number of carbonyl (C=O) groups is 2. The molecular weight excluding hydrogens is 270 g/mol. The van der Waals surface area contributed by atoms with Crippen LogP contribution >= 0.6 is 0 Å². The van der Waals surface area contributed by atoms with E-state index in [0.717, 1.165) is 5.39 Å². The number of amides is 2. The van der Waals surface area contributed by atoms with Crippen molar-refractivity contribution in [2.24, 2.45) is 0 Å². The molecule has 0 fully saturated rings. The summed E-state index contributed by atoms with van der Waals surface area (Å²) in [6.45, 7) is 4.99. The van der Waals surface area contributed by atoms with Crippen LogP contribution in [-0.4, -0.2) is 36.3 Å². The average molecular weight is 289 g/mol. The predicted octanol–water partition coefficient (Wildman–Crippen LogP) is 1.61. The maximum absolute atomic E-state index is 12.0. The summed E-state index contributed by atoms with van der Waals surface area (Å²) < 4.78 is 5.44. The molecule has 0 aliphatic heterocycles. The van der Waals surface area contributed by atoms with Crippen molar-refractivity contribution in [3.8, 4) is 0 Å². The molecular formula is C15H19N3O3. The van der Waals surface area contributed by atoms with E-state index >= 15 is 0 Å². The number of benzene rings is 1. The lowest BCUT2D eigenvalue weighted by Crippen LogP contribution is -2.39. The molecule has 0 aliphatic rings. The SMILES string of the molecule is CCN(CC)C(=O)CNC(=O)c1cc2cc(N)ccc2o1. The highest BCUT2D eigenvalue weighted by atomic mass is 16.3. The van der Waals surface area contributed by atoms with Crippen molar-refractivity contribution in [2.75, 3.05) is 25.4 Å². The van der Waals surface area contributed by atoms with Crippen molar-refractivity contribution in [2.45, 2.75) is 13.8 Å². The molecule has 0 spiro atoms. The Morgan fingerprint density at radius 2 is 1.95 bits per heavy atom. The number of hydrogen-bond donors (Lipinski definition) is 2. The van der Waals surface area contributed by atoms with Gasteiger partial charge in [0.1, 0.15) is 5.58 Å². The van der Waals surface area contributed by atoms with E-state index in [1.165, 1.54) is 0 Å². The lowest BCUT2D eigenvalue weighted by atomic mass is 10.2. The zero-order valence-electron chi connectivity index (χ0n) is 12.2. The Kier molecular flexibility index (Phi) is 4.47. The van der Waals surface area contributed by atoms with Crippen LogP contribution in [0.2, 0.25) is 0 Å². The van der Waals surface area contributed by atoms with E-state index in [2.05, 4.69) is 5.32 Å². The molecule has 1 heterocycles. The summed E-state index contributed by atoms with van der Waals surface area (Å²) in [6, 6.07) is 6.76. The number of nitrogens with one attached hydrogen (secondary N) is 1. The lowest BCUT2D eigenvalue weighted by Gasteiger charge is -2.18. The van der Waals surface area contributed by atoms with E-state index in [9.17, 15) is 9.59 Å². The zero-order chi connectivity index (χ0) is 15.4. The van der Waals surface area contributed by atoms with E-state index in [1.54, 1.807) is 29.2 Å². The number of furan rings is 1. The van der Waals surface area contributed by atoms with E-state index in [1.807, 2.05) is 13.8 Å². The summed E-state index contributed by atoms with van der Waals surface area (Å²) in [4.78, 5) is 25.5. The third-order valence-electron chi connectivity index (χ3n) is 3.28. The molecule has 2 rings (SSSR count). The fourth-order valence-corrected chi connectivity index (χ4v) is 2.10. The molecule has 0 atom stereocenters. The molecule has 1 aromatic heterocycles. The second-order valence-corrected chi connectivity index (χ2v) is 4.66. The number of rotatable bonds is 5. The molecule has 1 aromatic carbocycles. The zero-order valence-corrected chi connectivity index (χ0v) is 12.2. The maximum atomic E-state index is 12.0. The minimum Gasteiger partial charge on any atom is -0.451 e. The molecule has 6 nitrogen and oxygen atoms in total. The smallest absolute Gasteiger partial charge is 0.287 e. The van der Waals surface area contributed by atoms with Crippen LogP contribution in [0.15, 0.2) is 28.7 Å². The van der Waals surface area contributed by atoms with Crippen LogP contribution < -0.4 is 11.1 Å². The Bertz CT molecular complexity index is 659. The molecule has 0 radical (unpaired) electrons. The van der Waals surface area contributed by atoms with Crippen LogP contribution in [0.3, 0.4) is 0 Å². The normalized spacial score (nSPS) is 10.6. The predicted molar refractivity (Wildman–Crippen MR) is 80.9 cm³/mol. The van der Waals surface area contributed by atoms with E-state index < -0.39 is 5.91 Å². The van der Waals surface area contributed by atoms with Crippen molar-refractivity contribution in [3.63, 3.8) is 0 Å². The number of carbonyl (C=O) groups excluding carboxylic acids is 2. The summed E-state index contributed by atoms with van der Waals surface area (Å²) in [5, 5.41) is 3.33. The summed E-state index contributed by atoms with van der Waals surface area (Å²) in [5.74, 6) is -0.359. The fourth-order valence-electron chi connectivity index (χ4n) is 2.10. The van der Waals surface area contributed by atoms with Crippen LogP contribution in [0.5, 0.6) is 0 Å². The van der Waals surface area contributed by atoms with Crippen LogP contribution in [0.1, 0.15) is 24.4 Å². The molecule has 2 amide bonds. The molecule has 2 aromatic rings. The molecule has 0 aliphatic carbocycles. The topological polar surface area (TPSA) is 88.6 Å². The monoisotopic (exact) mass is 289 g/mol. The highest BCUT2D eigenvalue weighted by Gasteiger charge is 2.15. The van der Waals surface area contributed by atoms with Crippen molar-refractivity contribution in [3.05, 3.63) is 30.0 Å². The highest BCUT2D eigenvalue weighted by molar-refractivity contribution is 5.98. The van der Waals surface area contributed by atoms with Gasteiger partial charge in [-0.25, -0.2) is 0 Å². The molecule has 112 valence electrons. The maximum Gasteiger partial charge on any atom is 0.287 e. The molecule has 21 heavy (non-hydrogen) atoms. The average Bonchev–Trinajstić information content (AvgIpc) is 2.89. The van der Waals surface area contributed by atoms with Crippen LogP contribution in [-0.2, 0) is 4.79 Å². The van der Waals surface area contributed by atoms with Crippen molar-refractivity contribution in [1.82, 2.24) is 10.2 Å². The fraction of sp³-hybridized carbons (Fsp3) is 0.333. The van der Waals surface area contributed by atoms with Gasteiger partial charge in [-0.15, -0.1) is 0 Å².